The topological polar surface area (TPSA) is 105 Å². The maximum Gasteiger partial charge on any atom is 0.231 e. The number of nitrogens with zero attached hydrogens (tertiary/aromatic N) is 3. The molecule has 6 nitrogen and oxygen atoms in total. The molecule has 2 heterocycles. The molecule has 2 aliphatic rings. The Bertz CT molecular complexity index is 904. The van der Waals surface area contributed by atoms with Crippen molar-refractivity contribution in [3.05, 3.63) is 35.0 Å². The Hall–Kier alpha value is -3.25. The third kappa shape index (κ3) is 2.04. The Morgan fingerprint density at radius 3 is 2.52 bits per heavy atom. The average molecular weight is 304 g/mol. The van der Waals surface area contributed by atoms with Gasteiger partial charge >= 0.3 is 0 Å². The van der Waals surface area contributed by atoms with Gasteiger partial charge in [-0.05, 0) is 30.5 Å². The molecule has 1 aliphatic carbocycles. The van der Waals surface area contributed by atoms with Crippen LogP contribution in [-0.4, -0.2) is 11.8 Å². The highest BCUT2D eigenvalue weighted by atomic mass is 16.7. The minimum absolute atomic E-state index is 0.167. The van der Waals surface area contributed by atoms with Crippen LogP contribution in [0.2, 0.25) is 0 Å². The summed E-state index contributed by atoms with van der Waals surface area (Å²) in [5.41, 5.74) is 8.56. The van der Waals surface area contributed by atoms with E-state index in [1.807, 2.05) is 0 Å². The molecular formula is C17H12N4O2. The molecule has 0 amide bonds. The summed E-state index contributed by atoms with van der Waals surface area (Å²) in [6.45, 7) is 0.167. The first-order valence-corrected chi connectivity index (χ1v) is 7.26. The Morgan fingerprint density at radius 2 is 1.83 bits per heavy atom. The molecule has 1 saturated carbocycles. The van der Waals surface area contributed by atoms with Crippen molar-refractivity contribution in [3.63, 3.8) is 0 Å². The Morgan fingerprint density at radius 1 is 1.09 bits per heavy atom. The van der Waals surface area contributed by atoms with Gasteiger partial charge in [-0.25, -0.2) is 4.98 Å². The molecule has 1 aliphatic heterocycles. The van der Waals surface area contributed by atoms with Crippen molar-refractivity contribution in [2.75, 3.05) is 12.5 Å². The number of nitrogens with two attached hydrogens (primary N) is 1. The first-order chi connectivity index (χ1) is 11.2. The quantitative estimate of drug-likeness (QED) is 0.914. The fourth-order valence-corrected chi connectivity index (χ4v) is 2.84. The summed E-state index contributed by atoms with van der Waals surface area (Å²) in [6.07, 6.45) is 1.99. The van der Waals surface area contributed by atoms with E-state index in [2.05, 4.69) is 17.1 Å². The zero-order valence-electron chi connectivity index (χ0n) is 12.2. The highest BCUT2D eigenvalue weighted by Crippen LogP contribution is 2.45. The van der Waals surface area contributed by atoms with Crippen molar-refractivity contribution in [1.82, 2.24) is 4.98 Å². The van der Waals surface area contributed by atoms with Crippen molar-refractivity contribution in [3.8, 4) is 34.8 Å². The van der Waals surface area contributed by atoms with Gasteiger partial charge < -0.3 is 15.2 Å². The Balaban J connectivity index is 2.00. The zero-order chi connectivity index (χ0) is 16.0. The predicted octanol–water partition coefficient (Wildman–Crippen LogP) is 2.68. The number of nitriles is 2. The standard InChI is InChI=1S/C17H12N4O2/c18-6-11-15(10-3-4-13-14(5-10)23-8-22-13)12(7-19)17(20)21-16(11)9-1-2-9/h3-5,9H,1-2,8H2,(H2,20,21). The predicted molar refractivity (Wildman–Crippen MR) is 81.6 cm³/mol. The number of ether oxygens (including phenoxy) is 2. The lowest BCUT2D eigenvalue weighted by atomic mass is 9.93. The van der Waals surface area contributed by atoms with Gasteiger partial charge in [0.1, 0.15) is 23.5 Å². The number of pyridine rings is 1. The van der Waals surface area contributed by atoms with E-state index in [4.69, 9.17) is 15.2 Å². The average Bonchev–Trinajstić information content (AvgIpc) is 3.30. The first kappa shape index (κ1) is 13.4. The molecule has 23 heavy (non-hydrogen) atoms. The molecule has 1 aromatic heterocycles. The SMILES string of the molecule is N#Cc1c(N)nc(C2CC2)c(C#N)c1-c1ccc2c(c1)OCO2. The van der Waals surface area contributed by atoms with Crippen molar-refractivity contribution in [1.29, 1.82) is 10.5 Å². The van der Waals surface area contributed by atoms with Gasteiger partial charge in [0.05, 0.1) is 11.3 Å². The summed E-state index contributed by atoms with van der Waals surface area (Å²) in [7, 11) is 0. The van der Waals surface area contributed by atoms with Crippen LogP contribution < -0.4 is 15.2 Å². The van der Waals surface area contributed by atoms with Gasteiger partial charge in [0, 0.05) is 11.5 Å². The van der Waals surface area contributed by atoms with E-state index in [1.54, 1.807) is 18.2 Å². The van der Waals surface area contributed by atoms with Crippen molar-refractivity contribution in [2.24, 2.45) is 0 Å². The van der Waals surface area contributed by atoms with Gasteiger partial charge in [0.2, 0.25) is 6.79 Å². The molecule has 2 aromatic rings. The Kier molecular flexibility index (Phi) is 2.85. The van der Waals surface area contributed by atoms with Crippen molar-refractivity contribution < 1.29 is 9.47 Å². The summed E-state index contributed by atoms with van der Waals surface area (Å²) in [5, 5.41) is 19.1. The molecule has 0 unspecified atom stereocenters. The van der Waals surface area contributed by atoms with Crippen LogP contribution in [0.1, 0.15) is 35.6 Å². The largest absolute Gasteiger partial charge is 0.454 e. The lowest BCUT2D eigenvalue weighted by Gasteiger charge is -2.13. The van der Waals surface area contributed by atoms with Crippen LogP contribution >= 0.6 is 0 Å². The number of aromatic nitrogens is 1. The number of hydrogen-bond acceptors (Lipinski definition) is 6. The molecule has 0 saturated heterocycles. The second kappa shape index (κ2) is 4.89. The Labute approximate surface area is 132 Å². The third-order valence-electron chi connectivity index (χ3n) is 4.10. The van der Waals surface area contributed by atoms with Crippen LogP contribution in [0.25, 0.3) is 11.1 Å². The number of nitrogen functional groups attached to an aromatic ring is 1. The second-order valence-corrected chi connectivity index (χ2v) is 5.57. The van der Waals surface area contributed by atoms with E-state index in [0.29, 0.717) is 33.9 Å². The van der Waals surface area contributed by atoms with Gasteiger partial charge in [0.15, 0.2) is 11.5 Å². The molecule has 4 rings (SSSR count). The van der Waals surface area contributed by atoms with Gasteiger partial charge in [-0.2, -0.15) is 10.5 Å². The van der Waals surface area contributed by atoms with Crippen LogP contribution in [0.4, 0.5) is 5.82 Å². The minimum atomic E-state index is 0.167. The van der Waals surface area contributed by atoms with Crippen LogP contribution in [0.15, 0.2) is 18.2 Å². The summed E-state index contributed by atoms with van der Waals surface area (Å²) in [5.74, 6) is 1.67. The molecule has 1 aromatic carbocycles. The fraction of sp³-hybridized carbons (Fsp3) is 0.235. The van der Waals surface area contributed by atoms with Crippen molar-refractivity contribution >= 4 is 5.82 Å². The van der Waals surface area contributed by atoms with Crippen molar-refractivity contribution in [2.45, 2.75) is 18.8 Å². The van der Waals surface area contributed by atoms with Gasteiger partial charge in [-0.3, -0.25) is 0 Å². The lowest BCUT2D eigenvalue weighted by molar-refractivity contribution is 0.174. The van der Waals surface area contributed by atoms with Crippen LogP contribution in [0.3, 0.4) is 0 Å². The molecule has 112 valence electrons. The van der Waals surface area contributed by atoms with Gasteiger partial charge in [0.25, 0.3) is 0 Å². The van der Waals surface area contributed by atoms with Gasteiger partial charge in [-0.1, -0.05) is 6.07 Å². The normalized spacial score (nSPS) is 15.0. The lowest BCUT2D eigenvalue weighted by Crippen LogP contribution is -2.05. The summed E-state index contributed by atoms with van der Waals surface area (Å²) in [4.78, 5) is 4.31. The monoisotopic (exact) mass is 304 g/mol. The number of benzene rings is 1. The minimum Gasteiger partial charge on any atom is -0.454 e. The van der Waals surface area contributed by atoms with Crippen LogP contribution in [0, 0.1) is 22.7 Å². The molecule has 6 heteroatoms. The molecule has 0 atom stereocenters. The van der Waals surface area contributed by atoms with E-state index in [0.717, 1.165) is 12.8 Å². The molecule has 0 radical (unpaired) electrons. The molecule has 1 fully saturated rings. The smallest absolute Gasteiger partial charge is 0.231 e. The molecule has 0 bridgehead atoms. The van der Waals surface area contributed by atoms with E-state index in [9.17, 15) is 10.5 Å². The van der Waals surface area contributed by atoms with Crippen LogP contribution in [0.5, 0.6) is 11.5 Å². The van der Waals surface area contributed by atoms with Crippen LogP contribution in [-0.2, 0) is 0 Å². The van der Waals surface area contributed by atoms with E-state index in [-0.39, 0.29) is 24.1 Å². The summed E-state index contributed by atoms with van der Waals surface area (Å²) >= 11 is 0. The summed E-state index contributed by atoms with van der Waals surface area (Å²) in [6, 6.07) is 9.64. The van der Waals surface area contributed by atoms with E-state index < -0.39 is 0 Å². The van der Waals surface area contributed by atoms with Gasteiger partial charge in [-0.15, -0.1) is 0 Å². The number of anilines is 1. The highest BCUT2D eigenvalue weighted by molar-refractivity contribution is 5.82. The maximum atomic E-state index is 9.65. The fourth-order valence-electron chi connectivity index (χ4n) is 2.84. The summed E-state index contributed by atoms with van der Waals surface area (Å²) < 4.78 is 10.7. The number of hydrogen-bond donors (Lipinski definition) is 1. The van der Waals surface area contributed by atoms with E-state index in [1.165, 1.54) is 0 Å². The number of rotatable bonds is 2. The first-order valence-electron chi connectivity index (χ1n) is 7.26. The maximum absolute atomic E-state index is 9.65. The zero-order valence-corrected chi connectivity index (χ0v) is 12.2. The highest BCUT2D eigenvalue weighted by Gasteiger charge is 2.32. The molecule has 0 spiro atoms. The molecule has 2 N–H and O–H groups in total. The third-order valence-corrected chi connectivity index (χ3v) is 4.10. The molecular weight excluding hydrogens is 292 g/mol. The second-order valence-electron chi connectivity index (χ2n) is 5.57. The number of fused-ring (bicyclic) bond motifs is 1. The van der Waals surface area contributed by atoms with E-state index >= 15 is 0 Å².